The number of halogens is 1. The third-order valence-electron chi connectivity index (χ3n) is 5.08. The van der Waals surface area contributed by atoms with Gasteiger partial charge < -0.3 is 0 Å². The fraction of sp³-hybridized carbons (Fsp3) is 0.368. The SMILES string of the molecule is Cc1nn(C)c2ncc(CN3CCc4ccc(F)cc4C3C)cc12. The van der Waals surface area contributed by atoms with Gasteiger partial charge in [-0.15, -0.1) is 0 Å². The normalized spacial score (nSPS) is 18.1. The van der Waals surface area contributed by atoms with E-state index in [4.69, 9.17) is 0 Å². The number of nitrogens with zero attached hydrogens (tertiary/aromatic N) is 4. The Morgan fingerprint density at radius 1 is 1.29 bits per heavy atom. The van der Waals surface area contributed by atoms with Gasteiger partial charge in [-0.2, -0.15) is 5.10 Å². The summed E-state index contributed by atoms with van der Waals surface area (Å²) < 4.78 is 15.4. The van der Waals surface area contributed by atoms with Crippen LogP contribution in [-0.4, -0.2) is 26.2 Å². The molecule has 124 valence electrons. The molecule has 3 aromatic rings. The molecule has 0 saturated heterocycles. The van der Waals surface area contributed by atoms with E-state index in [0.29, 0.717) is 0 Å². The maximum atomic E-state index is 13.6. The molecular formula is C19H21FN4. The number of rotatable bonds is 2. The van der Waals surface area contributed by atoms with Gasteiger partial charge >= 0.3 is 0 Å². The van der Waals surface area contributed by atoms with Gasteiger partial charge in [-0.05, 0) is 55.2 Å². The highest BCUT2D eigenvalue weighted by Gasteiger charge is 2.24. The number of aryl methyl sites for hydroxylation is 2. The summed E-state index contributed by atoms with van der Waals surface area (Å²) >= 11 is 0. The summed E-state index contributed by atoms with van der Waals surface area (Å²) in [4.78, 5) is 6.95. The van der Waals surface area contributed by atoms with Crippen LogP contribution in [0.15, 0.2) is 30.5 Å². The number of benzene rings is 1. The van der Waals surface area contributed by atoms with Crippen LogP contribution in [0.3, 0.4) is 0 Å². The van der Waals surface area contributed by atoms with Crippen LogP contribution in [0.5, 0.6) is 0 Å². The van der Waals surface area contributed by atoms with Gasteiger partial charge in [0, 0.05) is 37.8 Å². The molecule has 0 saturated carbocycles. The predicted molar refractivity (Wildman–Crippen MR) is 92.2 cm³/mol. The molecule has 0 aliphatic carbocycles. The zero-order valence-corrected chi connectivity index (χ0v) is 14.3. The highest BCUT2D eigenvalue weighted by atomic mass is 19.1. The van der Waals surface area contributed by atoms with Crippen LogP contribution >= 0.6 is 0 Å². The van der Waals surface area contributed by atoms with Crippen LogP contribution in [-0.2, 0) is 20.0 Å². The largest absolute Gasteiger partial charge is 0.292 e. The lowest BCUT2D eigenvalue weighted by molar-refractivity contribution is 0.189. The molecule has 1 aromatic carbocycles. The average molecular weight is 324 g/mol. The Morgan fingerprint density at radius 2 is 2.12 bits per heavy atom. The number of pyridine rings is 1. The molecule has 4 rings (SSSR count). The second kappa shape index (κ2) is 5.67. The standard InChI is InChI=1S/C19H21FN4/c1-12-17-8-14(10-21-19(17)23(3)22-12)11-24-7-6-15-4-5-16(20)9-18(15)13(24)2/h4-5,8-10,13H,6-7,11H2,1-3H3. The maximum absolute atomic E-state index is 13.6. The molecule has 0 amide bonds. The van der Waals surface area contributed by atoms with Crippen molar-refractivity contribution in [2.45, 2.75) is 32.9 Å². The summed E-state index contributed by atoms with van der Waals surface area (Å²) in [5.74, 6) is -0.156. The Labute approximate surface area is 140 Å². The van der Waals surface area contributed by atoms with Crippen molar-refractivity contribution in [1.82, 2.24) is 19.7 Å². The van der Waals surface area contributed by atoms with E-state index in [1.165, 1.54) is 11.1 Å². The van der Waals surface area contributed by atoms with E-state index in [9.17, 15) is 4.39 Å². The fourth-order valence-corrected chi connectivity index (χ4v) is 3.72. The number of fused-ring (bicyclic) bond motifs is 2. The molecule has 4 nitrogen and oxygen atoms in total. The van der Waals surface area contributed by atoms with E-state index in [0.717, 1.165) is 41.8 Å². The summed E-state index contributed by atoms with van der Waals surface area (Å²) in [6, 6.07) is 7.54. The molecule has 2 aromatic heterocycles. The number of aromatic nitrogens is 3. The fourth-order valence-electron chi connectivity index (χ4n) is 3.72. The monoisotopic (exact) mass is 324 g/mol. The van der Waals surface area contributed by atoms with Crippen molar-refractivity contribution >= 4 is 11.0 Å². The van der Waals surface area contributed by atoms with Crippen LogP contribution in [0.1, 0.15) is 35.3 Å². The first-order valence-electron chi connectivity index (χ1n) is 8.33. The second-order valence-electron chi connectivity index (χ2n) is 6.66. The minimum Gasteiger partial charge on any atom is -0.292 e. The molecule has 0 radical (unpaired) electrons. The van der Waals surface area contributed by atoms with Crippen LogP contribution in [0.4, 0.5) is 4.39 Å². The van der Waals surface area contributed by atoms with Gasteiger partial charge in [0.05, 0.1) is 5.69 Å². The Kier molecular flexibility index (Phi) is 3.61. The average Bonchev–Trinajstić information content (AvgIpc) is 2.85. The van der Waals surface area contributed by atoms with Gasteiger partial charge in [-0.1, -0.05) is 6.07 Å². The molecular weight excluding hydrogens is 303 g/mol. The van der Waals surface area contributed by atoms with Crippen molar-refractivity contribution in [1.29, 1.82) is 0 Å². The van der Waals surface area contributed by atoms with Gasteiger partial charge in [0.25, 0.3) is 0 Å². The van der Waals surface area contributed by atoms with E-state index in [1.807, 2.05) is 30.9 Å². The number of hydrogen-bond donors (Lipinski definition) is 0. The first-order valence-corrected chi connectivity index (χ1v) is 8.33. The van der Waals surface area contributed by atoms with E-state index in [-0.39, 0.29) is 11.9 Å². The lowest BCUT2D eigenvalue weighted by atomic mass is 9.93. The molecule has 24 heavy (non-hydrogen) atoms. The molecule has 3 heterocycles. The van der Waals surface area contributed by atoms with Gasteiger partial charge in [-0.25, -0.2) is 9.37 Å². The van der Waals surface area contributed by atoms with E-state index >= 15 is 0 Å². The Morgan fingerprint density at radius 3 is 2.96 bits per heavy atom. The van der Waals surface area contributed by atoms with Gasteiger partial charge in [0.1, 0.15) is 5.82 Å². The van der Waals surface area contributed by atoms with Crippen molar-refractivity contribution in [3.8, 4) is 0 Å². The molecule has 1 unspecified atom stereocenters. The van der Waals surface area contributed by atoms with Gasteiger partial charge in [0.2, 0.25) is 0 Å². The zero-order valence-electron chi connectivity index (χ0n) is 14.3. The summed E-state index contributed by atoms with van der Waals surface area (Å²) in [5.41, 5.74) is 5.45. The van der Waals surface area contributed by atoms with Crippen LogP contribution in [0.2, 0.25) is 0 Å². The molecule has 0 bridgehead atoms. The van der Waals surface area contributed by atoms with Crippen LogP contribution < -0.4 is 0 Å². The minimum absolute atomic E-state index is 0.156. The van der Waals surface area contributed by atoms with Crippen molar-refractivity contribution < 1.29 is 4.39 Å². The highest BCUT2D eigenvalue weighted by molar-refractivity contribution is 5.78. The molecule has 0 fully saturated rings. The van der Waals surface area contributed by atoms with Crippen molar-refractivity contribution in [3.63, 3.8) is 0 Å². The summed E-state index contributed by atoms with van der Waals surface area (Å²) in [6.45, 7) is 5.95. The van der Waals surface area contributed by atoms with Gasteiger partial charge in [0.15, 0.2) is 5.65 Å². The summed E-state index contributed by atoms with van der Waals surface area (Å²) in [7, 11) is 1.92. The van der Waals surface area contributed by atoms with Crippen molar-refractivity contribution in [2.24, 2.45) is 7.05 Å². The smallest absolute Gasteiger partial charge is 0.157 e. The van der Waals surface area contributed by atoms with Crippen molar-refractivity contribution in [3.05, 3.63) is 58.7 Å². The molecule has 5 heteroatoms. The molecule has 1 aliphatic rings. The van der Waals surface area contributed by atoms with E-state index in [2.05, 4.69) is 28.0 Å². The molecule has 1 aliphatic heterocycles. The highest BCUT2D eigenvalue weighted by Crippen LogP contribution is 2.31. The molecule has 0 N–H and O–H groups in total. The topological polar surface area (TPSA) is 34.0 Å². The molecule has 0 spiro atoms. The first-order chi connectivity index (χ1) is 11.5. The summed E-state index contributed by atoms with van der Waals surface area (Å²) in [5, 5.41) is 5.53. The second-order valence-corrected chi connectivity index (χ2v) is 6.66. The van der Waals surface area contributed by atoms with Crippen LogP contribution in [0, 0.1) is 12.7 Å². The van der Waals surface area contributed by atoms with E-state index in [1.54, 1.807) is 12.1 Å². The third-order valence-corrected chi connectivity index (χ3v) is 5.08. The lowest BCUT2D eigenvalue weighted by Gasteiger charge is -2.35. The zero-order chi connectivity index (χ0) is 16.8. The quantitative estimate of drug-likeness (QED) is 0.723. The van der Waals surface area contributed by atoms with E-state index < -0.39 is 0 Å². The van der Waals surface area contributed by atoms with Crippen molar-refractivity contribution in [2.75, 3.05) is 6.54 Å². The minimum atomic E-state index is -0.156. The maximum Gasteiger partial charge on any atom is 0.157 e. The third kappa shape index (κ3) is 2.49. The number of hydrogen-bond acceptors (Lipinski definition) is 3. The van der Waals surface area contributed by atoms with Gasteiger partial charge in [-0.3, -0.25) is 9.58 Å². The predicted octanol–water partition coefficient (Wildman–Crippen LogP) is 3.54. The molecule has 1 atom stereocenters. The summed E-state index contributed by atoms with van der Waals surface area (Å²) in [6.07, 6.45) is 2.89. The Bertz CT molecular complexity index is 915. The van der Waals surface area contributed by atoms with Crippen LogP contribution in [0.25, 0.3) is 11.0 Å². The Hall–Kier alpha value is -2.27. The first kappa shape index (κ1) is 15.3. The Balaban J connectivity index is 1.63. The lowest BCUT2D eigenvalue weighted by Crippen LogP contribution is -2.33.